The Hall–Kier alpha value is -1.40. The summed E-state index contributed by atoms with van der Waals surface area (Å²) in [6.07, 6.45) is 4.51. The van der Waals surface area contributed by atoms with Crippen molar-refractivity contribution in [3.8, 4) is 0 Å². The van der Waals surface area contributed by atoms with Crippen LogP contribution in [0.3, 0.4) is 0 Å². The van der Waals surface area contributed by atoms with Crippen LogP contribution in [0, 0.1) is 0 Å². The van der Waals surface area contributed by atoms with Crippen LogP contribution in [0.15, 0.2) is 12.4 Å². The van der Waals surface area contributed by atoms with Crippen LogP contribution in [0.1, 0.15) is 12.8 Å². The van der Waals surface area contributed by atoms with E-state index in [4.69, 9.17) is 11.5 Å². The highest BCUT2D eigenvalue weighted by Crippen LogP contribution is 1.99. The number of hydrogen-bond acceptors (Lipinski definition) is 4. The summed E-state index contributed by atoms with van der Waals surface area (Å²) < 4.78 is 0. The van der Waals surface area contributed by atoms with Gasteiger partial charge in [0.25, 0.3) is 0 Å². The van der Waals surface area contributed by atoms with Crippen LogP contribution in [0.4, 0.5) is 5.95 Å². The van der Waals surface area contributed by atoms with Gasteiger partial charge in [0.2, 0.25) is 11.9 Å². The lowest BCUT2D eigenvalue weighted by Gasteiger charge is -2.09. The number of nitrogens with zero attached hydrogens (tertiary/aromatic N) is 1. The van der Waals surface area contributed by atoms with Crippen LogP contribution < -0.4 is 16.8 Å². The number of H-pyrrole nitrogens is 1. The number of nitrogens with one attached hydrogen (secondary N) is 2. The first-order chi connectivity index (χ1) is 6.74. The van der Waals surface area contributed by atoms with Crippen LogP contribution in [-0.4, -0.2) is 28.5 Å². The van der Waals surface area contributed by atoms with E-state index in [-0.39, 0.29) is 5.91 Å². The Morgan fingerprint density at radius 1 is 1.71 bits per heavy atom. The number of carbonyl (C=O) groups is 1. The summed E-state index contributed by atoms with van der Waals surface area (Å²) in [6.45, 7) is 0.543. The minimum atomic E-state index is -0.524. The second kappa shape index (κ2) is 5.36. The normalized spacial score (nSPS) is 12.4. The topological polar surface area (TPSA) is 110 Å². The van der Waals surface area contributed by atoms with Crippen molar-refractivity contribution in [3.63, 3.8) is 0 Å². The molecule has 1 aromatic rings. The molecule has 0 aliphatic rings. The summed E-state index contributed by atoms with van der Waals surface area (Å²) in [7, 11) is 0. The molecule has 0 bridgehead atoms. The molecule has 78 valence electrons. The Labute approximate surface area is 82.1 Å². The molecule has 1 aromatic heterocycles. The standard InChI is InChI=1S/C8H15N5O/c9-3-1-2-6(10)7(14)13-8-11-4-5-12-8/h4-6H,1-3,9-10H2,(H2,11,12,13,14). The Bertz CT molecular complexity index is 271. The third-order valence-corrected chi connectivity index (χ3v) is 1.80. The molecular weight excluding hydrogens is 182 g/mol. The number of imidazole rings is 1. The fraction of sp³-hybridized carbons (Fsp3) is 0.500. The predicted octanol–water partition coefficient (Wildman–Crippen LogP) is -0.586. The molecule has 0 fully saturated rings. The highest BCUT2D eigenvalue weighted by molar-refractivity contribution is 5.93. The number of hydrogen-bond donors (Lipinski definition) is 4. The molecule has 6 nitrogen and oxygen atoms in total. The maximum absolute atomic E-state index is 11.4. The van der Waals surface area contributed by atoms with Gasteiger partial charge < -0.3 is 16.5 Å². The van der Waals surface area contributed by atoms with Crippen LogP contribution in [0.2, 0.25) is 0 Å². The van der Waals surface area contributed by atoms with Gasteiger partial charge in [-0.3, -0.25) is 10.1 Å². The number of aromatic nitrogens is 2. The molecule has 1 rings (SSSR count). The zero-order valence-electron chi connectivity index (χ0n) is 7.86. The highest BCUT2D eigenvalue weighted by atomic mass is 16.2. The predicted molar refractivity (Wildman–Crippen MR) is 53.5 cm³/mol. The second-order valence-electron chi connectivity index (χ2n) is 2.96. The molecule has 1 heterocycles. The van der Waals surface area contributed by atoms with E-state index in [9.17, 15) is 4.79 Å². The first-order valence-corrected chi connectivity index (χ1v) is 4.50. The summed E-state index contributed by atoms with van der Waals surface area (Å²) in [6, 6.07) is -0.524. The molecule has 0 radical (unpaired) electrons. The minimum absolute atomic E-state index is 0.242. The first kappa shape index (κ1) is 10.7. The van der Waals surface area contributed by atoms with Gasteiger partial charge in [0.15, 0.2) is 0 Å². The Morgan fingerprint density at radius 3 is 3.07 bits per heavy atom. The molecule has 1 atom stereocenters. The van der Waals surface area contributed by atoms with E-state index in [1.54, 1.807) is 12.4 Å². The van der Waals surface area contributed by atoms with E-state index in [1.165, 1.54) is 0 Å². The highest BCUT2D eigenvalue weighted by Gasteiger charge is 2.13. The number of amides is 1. The fourth-order valence-electron chi connectivity index (χ4n) is 1.01. The van der Waals surface area contributed by atoms with Crippen molar-refractivity contribution in [2.75, 3.05) is 11.9 Å². The monoisotopic (exact) mass is 197 g/mol. The molecule has 1 unspecified atom stereocenters. The van der Waals surface area contributed by atoms with Gasteiger partial charge in [0, 0.05) is 12.4 Å². The molecule has 0 aromatic carbocycles. The number of aromatic amines is 1. The summed E-state index contributed by atoms with van der Waals surface area (Å²) >= 11 is 0. The molecular formula is C8H15N5O. The van der Waals surface area contributed by atoms with E-state index in [1.807, 2.05) is 0 Å². The summed E-state index contributed by atoms with van der Waals surface area (Å²) in [5, 5.41) is 2.56. The smallest absolute Gasteiger partial charge is 0.243 e. The van der Waals surface area contributed by atoms with Gasteiger partial charge in [-0.2, -0.15) is 0 Å². The van der Waals surface area contributed by atoms with Crippen LogP contribution in [0.25, 0.3) is 0 Å². The first-order valence-electron chi connectivity index (χ1n) is 4.50. The van der Waals surface area contributed by atoms with Crippen LogP contribution in [0.5, 0.6) is 0 Å². The lowest BCUT2D eigenvalue weighted by atomic mass is 10.1. The van der Waals surface area contributed by atoms with Gasteiger partial charge >= 0.3 is 0 Å². The zero-order valence-corrected chi connectivity index (χ0v) is 7.86. The maximum Gasteiger partial charge on any atom is 0.243 e. The third-order valence-electron chi connectivity index (χ3n) is 1.80. The largest absolute Gasteiger partial charge is 0.331 e. The molecule has 0 saturated carbocycles. The Kier molecular flexibility index (Phi) is 4.09. The van der Waals surface area contributed by atoms with E-state index in [0.29, 0.717) is 18.9 Å². The average molecular weight is 197 g/mol. The van der Waals surface area contributed by atoms with Crippen molar-refractivity contribution in [1.82, 2.24) is 9.97 Å². The van der Waals surface area contributed by atoms with Gasteiger partial charge in [-0.1, -0.05) is 0 Å². The minimum Gasteiger partial charge on any atom is -0.331 e. The maximum atomic E-state index is 11.4. The molecule has 0 aliphatic heterocycles. The number of rotatable bonds is 5. The zero-order chi connectivity index (χ0) is 10.4. The lowest BCUT2D eigenvalue weighted by Crippen LogP contribution is -2.36. The molecule has 1 amide bonds. The number of nitrogens with two attached hydrogens (primary N) is 2. The molecule has 14 heavy (non-hydrogen) atoms. The van der Waals surface area contributed by atoms with E-state index in [2.05, 4.69) is 15.3 Å². The molecule has 0 aliphatic carbocycles. The lowest BCUT2D eigenvalue weighted by molar-refractivity contribution is -0.117. The van der Waals surface area contributed by atoms with Crippen molar-refractivity contribution >= 4 is 11.9 Å². The van der Waals surface area contributed by atoms with Gasteiger partial charge in [-0.05, 0) is 19.4 Å². The van der Waals surface area contributed by atoms with Gasteiger partial charge in [-0.15, -0.1) is 0 Å². The van der Waals surface area contributed by atoms with Crippen molar-refractivity contribution in [2.45, 2.75) is 18.9 Å². The van der Waals surface area contributed by atoms with Gasteiger partial charge in [-0.25, -0.2) is 4.98 Å². The average Bonchev–Trinajstić information content (AvgIpc) is 2.66. The van der Waals surface area contributed by atoms with Gasteiger partial charge in [0.1, 0.15) is 0 Å². The van der Waals surface area contributed by atoms with Crippen LogP contribution >= 0.6 is 0 Å². The summed E-state index contributed by atoms with van der Waals surface area (Å²) in [5.41, 5.74) is 10.9. The van der Waals surface area contributed by atoms with Crippen LogP contribution in [-0.2, 0) is 4.79 Å². The Balaban J connectivity index is 2.34. The summed E-state index contributed by atoms with van der Waals surface area (Å²) in [4.78, 5) is 18.0. The Morgan fingerprint density at radius 2 is 2.50 bits per heavy atom. The van der Waals surface area contributed by atoms with E-state index < -0.39 is 6.04 Å². The van der Waals surface area contributed by atoms with Crippen molar-refractivity contribution in [2.24, 2.45) is 11.5 Å². The fourth-order valence-corrected chi connectivity index (χ4v) is 1.01. The number of anilines is 1. The summed E-state index contributed by atoms with van der Waals surface area (Å²) in [5.74, 6) is 0.173. The van der Waals surface area contributed by atoms with Crippen molar-refractivity contribution < 1.29 is 4.79 Å². The SMILES string of the molecule is NCCCC(N)C(=O)Nc1ncc[nH]1. The van der Waals surface area contributed by atoms with Crippen molar-refractivity contribution in [1.29, 1.82) is 0 Å². The van der Waals surface area contributed by atoms with Crippen molar-refractivity contribution in [3.05, 3.63) is 12.4 Å². The van der Waals surface area contributed by atoms with E-state index in [0.717, 1.165) is 6.42 Å². The van der Waals surface area contributed by atoms with E-state index >= 15 is 0 Å². The third kappa shape index (κ3) is 3.15. The molecule has 6 heteroatoms. The molecule has 0 saturated heterocycles. The quantitative estimate of drug-likeness (QED) is 0.506. The molecule has 6 N–H and O–H groups in total. The number of carbonyl (C=O) groups excluding carboxylic acids is 1. The molecule has 0 spiro atoms. The van der Waals surface area contributed by atoms with Gasteiger partial charge in [0.05, 0.1) is 6.04 Å². The second-order valence-corrected chi connectivity index (χ2v) is 2.96.